The third-order valence-electron chi connectivity index (χ3n) is 2.94. The summed E-state index contributed by atoms with van der Waals surface area (Å²) in [6.45, 7) is 0.0825. The third kappa shape index (κ3) is 2.33. The summed E-state index contributed by atoms with van der Waals surface area (Å²) in [7, 11) is 0. The van der Waals surface area contributed by atoms with Crippen molar-refractivity contribution in [2.45, 2.75) is 36.8 Å². The molecule has 0 bridgehead atoms. The molecule has 0 aromatic carbocycles. The molecule has 4 N–H and O–H groups in total. The summed E-state index contributed by atoms with van der Waals surface area (Å²) < 4.78 is 9.74. The molecule has 16 heavy (non-hydrogen) atoms. The van der Waals surface area contributed by atoms with Gasteiger partial charge in [-0.05, 0) is 25.7 Å². The van der Waals surface area contributed by atoms with Crippen LogP contribution < -0.4 is 11.5 Å². The van der Waals surface area contributed by atoms with Gasteiger partial charge in [0.25, 0.3) is 0 Å². The molecule has 0 aromatic heterocycles. The Hall–Kier alpha value is -1.14. The molecule has 0 saturated heterocycles. The Morgan fingerprint density at radius 3 is 1.44 bits per heavy atom. The number of nitrogens with two attached hydrogens (primary N) is 2. The lowest BCUT2D eigenvalue weighted by atomic mass is 10.3. The molecule has 2 saturated carbocycles. The second-order valence-corrected chi connectivity index (χ2v) is 4.58. The minimum Gasteiger partial charge on any atom is -0.461 e. The first kappa shape index (κ1) is 11.3. The maximum Gasteiger partial charge on any atom is 0.326 e. The SMILES string of the molecule is NC1(C(=O)OCCOC(=O)C2(N)CC2)CC1. The molecule has 0 spiro atoms. The van der Waals surface area contributed by atoms with E-state index in [9.17, 15) is 9.59 Å². The summed E-state index contributed by atoms with van der Waals surface area (Å²) in [5.41, 5.74) is 9.65. The van der Waals surface area contributed by atoms with E-state index in [1.165, 1.54) is 0 Å². The monoisotopic (exact) mass is 228 g/mol. The number of rotatable bonds is 5. The van der Waals surface area contributed by atoms with Crippen molar-refractivity contribution >= 4 is 11.9 Å². The van der Waals surface area contributed by atoms with Crippen LogP contribution in [-0.2, 0) is 19.1 Å². The molecular weight excluding hydrogens is 212 g/mol. The number of carbonyl (C=O) groups is 2. The van der Waals surface area contributed by atoms with Crippen molar-refractivity contribution < 1.29 is 19.1 Å². The minimum atomic E-state index is -0.782. The summed E-state index contributed by atoms with van der Waals surface area (Å²) in [5, 5.41) is 0. The van der Waals surface area contributed by atoms with Crippen LogP contribution in [0.15, 0.2) is 0 Å². The number of hydrogen-bond acceptors (Lipinski definition) is 6. The zero-order valence-electron chi connectivity index (χ0n) is 9.03. The van der Waals surface area contributed by atoms with Gasteiger partial charge in [-0.1, -0.05) is 0 Å². The minimum absolute atomic E-state index is 0.0413. The van der Waals surface area contributed by atoms with Crippen molar-refractivity contribution in [1.29, 1.82) is 0 Å². The quantitative estimate of drug-likeness (QED) is 0.464. The normalized spacial score (nSPS) is 23.4. The van der Waals surface area contributed by atoms with Crippen LogP contribution in [0.5, 0.6) is 0 Å². The van der Waals surface area contributed by atoms with E-state index in [-0.39, 0.29) is 13.2 Å². The lowest BCUT2D eigenvalue weighted by Gasteiger charge is -2.11. The summed E-state index contributed by atoms with van der Waals surface area (Å²) in [4.78, 5) is 22.5. The fourth-order valence-electron chi connectivity index (χ4n) is 1.23. The summed E-state index contributed by atoms with van der Waals surface area (Å²) in [5.74, 6) is -0.838. The van der Waals surface area contributed by atoms with Crippen LogP contribution in [0.2, 0.25) is 0 Å². The highest BCUT2D eigenvalue weighted by molar-refractivity contribution is 5.84. The van der Waals surface area contributed by atoms with Crippen LogP contribution >= 0.6 is 0 Å². The van der Waals surface area contributed by atoms with Gasteiger partial charge in [0.05, 0.1) is 0 Å². The van der Waals surface area contributed by atoms with Crippen LogP contribution in [0.3, 0.4) is 0 Å². The molecule has 2 aliphatic carbocycles. The van der Waals surface area contributed by atoms with Crippen LogP contribution in [0, 0.1) is 0 Å². The Kier molecular flexibility index (Phi) is 2.63. The molecule has 2 rings (SSSR count). The van der Waals surface area contributed by atoms with Crippen LogP contribution in [0.4, 0.5) is 0 Å². The van der Waals surface area contributed by atoms with Crippen molar-refractivity contribution in [2.24, 2.45) is 11.5 Å². The van der Waals surface area contributed by atoms with E-state index in [2.05, 4.69) is 0 Å². The standard InChI is InChI=1S/C10H16N2O4/c11-9(1-2-9)7(13)15-5-6-16-8(14)10(12)3-4-10/h1-6,11-12H2. The molecule has 0 heterocycles. The maximum absolute atomic E-state index is 11.3. The Morgan fingerprint density at radius 1 is 0.875 bits per heavy atom. The van der Waals surface area contributed by atoms with Crippen molar-refractivity contribution in [1.82, 2.24) is 0 Å². The molecule has 6 nitrogen and oxygen atoms in total. The molecule has 6 heteroatoms. The predicted octanol–water partition coefficient (Wildman–Crippen LogP) is -0.945. The number of esters is 2. The smallest absolute Gasteiger partial charge is 0.326 e. The largest absolute Gasteiger partial charge is 0.461 e. The van der Waals surface area contributed by atoms with E-state index < -0.39 is 23.0 Å². The van der Waals surface area contributed by atoms with Crippen molar-refractivity contribution in [3.8, 4) is 0 Å². The molecule has 2 fully saturated rings. The predicted molar refractivity (Wildman–Crippen MR) is 54.2 cm³/mol. The Balaban J connectivity index is 1.58. The van der Waals surface area contributed by atoms with Gasteiger partial charge >= 0.3 is 11.9 Å². The van der Waals surface area contributed by atoms with E-state index in [1.54, 1.807) is 0 Å². The van der Waals surface area contributed by atoms with Crippen LogP contribution in [-0.4, -0.2) is 36.2 Å². The average molecular weight is 228 g/mol. The zero-order valence-corrected chi connectivity index (χ0v) is 9.03. The second-order valence-electron chi connectivity index (χ2n) is 4.58. The van der Waals surface area contributed by atoms with E-state index in [1.807, 2.05) is 0 Å². The number of carbonyl (C=O) groups excluding carboxylic acids is 2. The molecule has 2 aliphatic rings. The number of hydrogen-bond donors (Lipinski definition) is 2. The summed E-state index contributed by atoms with van der Waals surface area (Å²) in [6, 6.07) is 0. The van der Waals surface area contributed by atoms with Gasteiger partial charge in [-0.25, -0.2) is 0 Å². The molecule has 0 unspecified atom stereocenters. The zero-order chi connectivity index (χ0) is 11.8. The van der Waals surface area contributed by atoms with E-state index in [4.69, 9.17) is 20.9 Å². The molecule has 0 atom stereocenters. The topological polar surface area (TPSA) is 105 Å². The van der Waals surface area contributed by atoms with Crippen molar-refractivity contribution in [3.63, 3.8) is 0 Å². The first-order valence-corrected chi connectivity index (χ1v) is 5.39. The van der Waals surface area contributed by atoms with Crippen LogP contribution in [0.25, 0.3) is 0 Å². The molecule has 0 amide bonds. The summed E-state index contributed by atoms with van der Waals surface area (Å²) >= 11 is 0. The first-order valence-electron chi connectivity index (χ1n) is 5.39. The van der Waals surface area contributed by atoms with Crippen molar-refractivity contribution in [2.75, 3.05) is 13.2 Å². The summed E-state index contributed by atoms with van der Waals surface area (Å²) in [6.07, 6.45) is 2.66. The average Bonchev–Trinajstić information content (AvgIpc) is 3.13. The van der Waals surface area contributed by atoms with Gasteiger partial charge in [-0.2, -0.15) is 0 Å². The highest BCUT2D eigenvalue weighted by atomic mass is 16.6. The third-order valence-corrected chi connectivity index (χ3v) is 2.94. The van der Waals surface area contributed by atoms with Crippen LogP contribution in [0.1, 0.15) is 25.7 Å². The highest BCUT2D eigenvalue weighted by Crippen LogP contribution is 2.34. The fraction of sp³-hybridized carbons (Fsp3) is 0.800. The first-order chi connectivity index (χ1) is 7.46. The van der Waals surface area contributed by atoms with Gasteiger partial charge in [0.1, 0.15) is 24.3 Å². The molecule has 0 aromatic rings. The van der Waals surface area contributed by atoms with Crippen molar-refractivity contribution in [3.05, 3.63) is 0 Å². The molecule has 90 valence electrons. The molecule has 0 radical (unpaired) electrons. The lowest BCUT2D eigenvalue weighted by molar-refractivity contribution is -0.155. The van der Waals surface area contributed by atoms with E-state index in [0.717, 1.165) is 0 Å². The van der Waals surface area contributed by atoms with Gasteiger partial charge in [-0.3, -0.25) is 9.59 Å². The van der Waals surface area contributed by atoms with Gasteiger partial charge in [-0.15, -0.1) is 0 Å². The Labute approximate surface area is 93.2 Å². The van der Waals surface area contributed by atoms with Gasteiger partial charge in [0.15, 0.2) is 0 Å². The Bertz CT molecular complexity index is 289. The molecule has 0 aliphatic heterocycles. The molecular formula is C10H16N2O4. The maximum atomic E-state index is 11.3. The van der Waals surface area contributed by atoms with Gasteiger partial charge < -0.3 is 20.9 Å². The lowest BCUT2D eigenvalue weighted by Crippen LogP contribution is -2.37. The van der Waals surface area contributed by atoms with E-state index >= 15 is 0 Å². The van der Waals surface area contributed by atoms with E-state index in [0.29, 0.717) is 25.7 Å². The Morgan fingerprint density at radius 2 is 1.19 bits per heavy atom. The fourth-order valence-corrected chi connectivity index (χ4v) is 1.23. The van der Waals surface area contributed by atoms with Gasteiger partial charge in [0, 0.05) is 0 Å². The van der Waals surface area contributed by atoms with Gasteiger partial charge in [0.2, 0.25) is 0 Å². The second kappa shape index (κ2) is 3.71. The number of ether oxygens (including phenoxy) is 2. The highest BCUT2D eigenvalue weighted by Gasteiger charge is 2.48.